The van der Waals surface area contributed by atoms with E-state index in [0.717, 1.165) is 4.31 Å². The number of carbonyl (C=O) groups excluding carboxylic acids is 1. The van der Waals surface area contributed by atoms with Gasteiger partial charge in [-0.25, -0.2) is 17.7 Å². The third-order valence-electron chi connectivity index (χ3n) is 3.52. The summed E-state index contributed by atoms with van der Waals surface area (Å²) in [5.74, 6) is 0.578. The zero-order valence-corrected chi connectivity index (χ0v) is 13.1. The van der Waals surface area contributed by atoms with E-state index in [1.807, 2.05) is 0 Å². The molecule has 0 saturated carbocycles. The predicted octanol–water partition coefficient (Wildman–Crippen LogP) is 1.83. The number of nitrogens with one attached hydrogen (secondary N) is 1. The third kappa shape index (κ3) is 2.07. The van der Waals surface area contributed by atoms with Crippen molar-refractivity contribution in [2.24, 2.45) is 0 Å². The van der Waals surface area contributed by atoms with Gasteiger partial charge in [-0.3, -0.25) is 4.79 Å². The Balaban J connectivity index is 2.21. The number of anilines is 2. The molecular weight excluding hydrogens is 306 g/mol. The summed E-state index contributed by atoms with van der Waals surface area (Å²) in [5.41, 5.74) is 0.368. The van der Waals surface area contributed by atoms with Crippen molar-refractivity contribution in [2.75, 3.05) is 9.62 Å². The van der Waals surface area contributed by atoms with E-state index in [4.69, 9.17) is 4.42 Å². The molecule has 22 heavy (non-hydrogen) atoms. The highest BCUT2D eigenvalue weighted by Crippen LogP contribution is 2.35. The number of carbonyl (C=O) groups is 1. The molecule has 0 saturated heterocycles. The molecule has 2 aromatic heterocycles. The van der Waals surface area contributed by atoms with Crippen molar-refractivity contribution >= 4 is 27.4 Å². The number of aryl methyl sites for hydroxylation is 2. The number of sulfonamides is 1. The van der Waals surface area contributed by atoms with Crippen LogP contribution in [0.3, 0.4) is 0 Å². The minimum Gasteiger partial charge on any atom is -0.465 e. The molecular formula is C14H15N3O4S. The molecule has 0 aliphatic carbocycles. The van der Waals surface area contributed by atoms with E-state index in [1.165, 1.54) is 19.2 Å². The number of fused-ring (bicyclic) bond motifs is 1. The molecule has 116 valence electrons. The van der Waals surface area contributed by atoms with Crippen molar-refractivity contribution in [3.63, 3.8) is 0 Å². The molecule has 7 nitrogen and oxygen atoms in total. The van der Waals surface area contributed by atoms with Crippen LogP contribution >= 0.6 is 0 Å². The molecule has 1 aliphatic rings. The van der Waals surface area contributed by atoms with Gasteiger partial charge in [0, 0.05) is 12.3 Å². The molecule has 1 atom stereocenters. The Morgan fingerprint density at radius 3 is 2.73 bits per heavy atom. The molecule has 0 spiro atoms. The van der Waals surface area contributed by atoms with Gasteiger partial charge in [0.25, 0.3) is 10.0 Å². The number of aromatic nitrogens is 1. The number of amides is 1. The topological polar surface area (TPSA) is 92.5 Å². The van der Waals surface area contributed by atoms with Gasteiger partial charge in [-0.2, -0.15) is 0 Å². The first-order valence-electron chi connectivity index (χ1n) is 6.69. The van der Waals surface area contributed by atoms with E-state index in [9.17, 15) is 13.2 Å². The summed E-state index contributed by atoms with van der Waals surface area (Å²) in [6.45, 7) is 4.77. The second-order valence-corrected chi connectivity index (χ2v) is 6.90. The monoisotopic (exact) mass is 321 g/mol. The van der Waals surface area contributed by atoms with Crippen molar-refractivity contribution in [3.8, 4) is 0 Å². The lowest BCUT2D eigenvalue weighted by molar-refractivity contribution is -0.117. The van der Waals surface area contributed by atoms with Gasteiger partial charge in [0.05, 0.1) is 5.69 Å². The van der Waals surface area contributed by atoms with Crippen LogP contribution < -0.4 is 9.62 Å². The molecule has 3 heterocycles. The smallest absolute Gasteiger partial charge is 0.269 e. The van der Waals surface area contributed by atoms with Gasteiger partial charge < -0.3 is 9.73 Å². The standard InChI is InChI=1S/C14H15N3O4S/c1-8-7-12(10(3)21-8)22(19,20)17-9(2)14(18)16-11-5-4-6-15-13(11)17/h4-7,9H,1-3H3,(H,16,18). The SMILES string of the molecule is Cc1cc(S(=O)(=O)N2c3ncccc3NC(=O)C2C)c(C)o1. The number of pyridine rings is 1. The predicted molar refractivity (Wildman–Crippen MR) is 80.2 cm³/mol. The Morgan fingerprint density at radius 1 is 1.36 bits per heavy atom. The molecule has 1 N–H and O–H groups in total. The Morgan fingerprint density at radius 2 is 2.09 bits per heavy atom. The Hall–Kier alpha value is -2.35. The highest BCUT2D eigenvalue weighted by atomic mass is 32.2. The minimum atomic E-state index is -3.95. The molecule has 1 amide bonds. The van der Waals surface area contributed by atoms with Crippen LogP contribution in [0.2, 0.25) is 0 Å². The maximum atomic E-state index is 13.0. The van der Waals surface area contributed by atoms with Crippen LogP contribution in [0.15, 0.2) is 33.7 Å². The summed E-state index contributed by atoms with van der Waals surface area (Å²) in [5, 5.41) is 2.65. The molecule has 2 aromatic rings. The van der Waals surface area contributed by atoms with Crippen LogP contribution in [0.5, 0.6) is 0 Å². The second kappa shape index (κ2) is 4.84. The Bertz CT molecular complexity index is 857. The van der Waals surface area contributed by atoms with Crippen molar-refractivity contribution in [3.05, 3.63) is 35.9 Å². The lowest BCUT2D eigenvalue weighted by atomic mass is 10.2. The molecule has 0 aromatic carbocycles. The summed E-state index contributed by atoms with van der Waals surface area (Å²) < 4.78 is 32.3. The summed E-state index contributed by atoms with van der Waals surface area (Å²) in [6, 6.07) is 3.80. The van der Waals surface area contributed by atoms with Crippen molar-refractivity contribution < 1.29 is 17.6 Å². The van der Waals surface area contributed by atoms with Crippen molar-refractivity contribution in [1.29, 1.82) is 0 Å². The first-order valence-corrected chi connectivity index (χ1v) is 8.13. The van der Waals surface area contributed by atoms with Gasteiger partial charge >= 0.3 is 0 Å². The molecule has 1 aliphatic heterocycles. The average molecular weight is 321 g/mol. The fourth-order valence-electron chi connectivity index (χ4n) is 2.49. The zero-order valence-electron chi connectivity index (χ0n) is 12.3. The highest BCUT2D eigenvalue weighted by Gasteiger charge is 2.40. The van der Waals surface area contributed by atoms with Gasteiger partial charge in [-0.05, 0) is 32.9 Å². The number of hydrogen-bond acceptors (Lipinski definition) is 5. The first-order chi connectivity index (χ1) is 10.3. The van der Waals surface area contributed by atoms with Gasteiger partial charge in [-0.15, -0.1) is 0 Å². The van der Waals surface area contributed by atoms with Crippen LogP contribution in [0.25, 0.3) is 0 Å². The van der Waals surface area contributed by atoms with E-state index in [1.54, 1.807) is 26.0 Å². The molecule has 1 unspecified atom stereocenters. The number of furan rings is 1. The fourth-order valence-corrected chi connectivity index (χ4v) is 4.31. The van der Waals surface area contributed by atoms with Crippen LogP contribution in [-0.4, -0.2) is 25.4 Å². The Kier molecular flexibility index (Phi) is 3.21. The molecule has 3 rings (SSSR count). The first kappa shape index (κ1) is 14.6. The van der Waals surface area contributed by atoms with Gasteiger partial charge in [0.15, 0.2) is 5.82 Å². The van der Waals surface area contributed by atoms with E-state index >= 15 is 0 Å². The highest BCUT2D eigenvalue weighted by molar-refractivity contribution is 7.93. The minimum absolute atomic E-state index is 0.0446. The maximum absolute atomic E-state index is 13.0. The van der Waals surface area contributed by atoms with E-state index in [-0.39, 0.29) is 16.5 Å². The summed E-state index contributed by atoms with van der Waals surface area (Å²) in [7, 11) is -3.95. The van der Waals surface area contributed by atoms with Crippen molar-refractivity contribution in [2.45, 2.75) is 31.7 Å². The Labute approximate surface area is 128 Å². The summed E-state index contributed by atoms with van der Waals surface area (Å²) in [6.07, 6.45) is 1.49. The van der Waals surface area contributed by atoms with Crippen LogP contribution in [0, 0.1) is 13.8 Å². The zero-order chi connectivity index (χ0) is 16.1. The number of rotatable bonds is 2. The molecule has 0 fully saturated rings. The lowest BCUT2D eigenvalue weighted by Crippen LogP contribution is -2.49. The fraction of sp³-hybridized carbons (Fsp3) is 0.286. The average Bonchev–Trinajstić information content (AvgIpc) is 2.79. The van der Waals surface area contributed by atoms with E-state index in [2.05, 4.69) is 10.3 Å². The maximum Gasteiger partial charge on any atom is 0.269 e. The van der Waals surface area contributed by atoms with E-state index < -0.39 is 22.0 Å². The van der Waals surface area contributed by atoms with Crippen LogP contribution in [0.1, 0.15) is 18.4 Å². The number of hydrogen-bond donors (Lipinski definition) is 1. The lowest BCUT2D eigenvalue weighted by Gasteiger charge is -2.33. The summed E-state index contributed by atoms with van der Waals surface area (Å²) in [4.78, 5) is 16.2. The third-order valence-corrected chi connectivity index (χ3v) is 5.48. The molecule has 8 heteroatoms. The quantitative estimate of drug-likeness (QED) is 0.911. The summed E-state index contributed by atoms with van der Waals surface area (Å²) >= 11 is 0. The van der Waals surface area contributed by atoms with Gasteiger partial charge in [0.1, 0.15) is 22.5 Å². The van der Waals surface area contributed by atoms with Gasteiger partial charge in [-0.1, -0.05) is 0 Å². The van der Waals surface area contributed by atoms with Gasteiger partial charge in [0.2, 0.25) is 5.91 Å². The normalized spacial score (nSPS) is 18.0. The molecule has 0 radical (unpaired) electrons. The van der Waals surface area contributed by atoms with E-state index in [0.29, 0.717) is 11.4 Å². The van der Waals surface area contributed by atoms with Crippen molar-refractivity contribution in [1.82, 2.24) is 4.98 Å². The molecule has 0 bridgehead atoms. The second-order valence-electron chi connectivity index (χ2n) is 5.12. The van der Waals surface area contributed by atoms with Crippen LogP contribution in [0.4, 0.5) is 11.5 Å². The largest absolute Gasteiger partial charge is 0.465 e. The number of nitrogens with zero attached hydrogens (tertiary/aromatic N) is 2. The van der Waals surface area contributed by atoms with Crippen LogP contribution in [-0.2, 0) is 14.8 Å².